The summed E-state index contributed by atoms with van der Waals surface area (Å²) in [6.45, 7) is 8.95. The summed E-state index contributed by atoms with van der Waals surface area (Å²) in [5.74, 6) is -0.725. The number of hydrogen-bond acceptors (Lipinski definition) is 5. The molecule has 1 N–H and O–H groups in total. The molecule has 0 amide bonds. The monoisotopic (exact) mass is 370 g/mol. The lowest BCUT2D eigenvalue weighted by Gasteiger charge is -2.26. The van der Waals surface area contributed by atoms with E-state index in [0.29, 0.717) is 13.2 Å². The van der Waals surface area contributed by atoms with Crippen LogP contribution in [0.25, 0.3) is 0 Å². The summed E-state index contributed by atoms with van der Waals surface area (Å²) >= 11 is 0. The summed E-state index contributed by atoms with van der Waals surface area (Å²) in [5.41, 5.74) is 0. The Kier molecular flexibility index (Phi) is 11.4. The Labute approximate surface area is 159 Å². The van der Waals surface area contributed by atoms with Gasteiger partial charge in [-0.05, 0) is 40.5 Å². The lowest BCUT2D eigenvalue weighted by atomic mass is 9.92. The van der Waals surface area contributed by atoms with E-state index < -0.39 is 12.0 Å². The Morgan fingerprint density at radius 2 is 1.69 bits per heavy atom. The summed E-state index contributed by atoms with van der Waals surface area (Å²) in [4.78, 5) is 10.5. The Morgan fingerprint density at radius 3 is 2.31 bits per heavy atom. The minimum atomic E-state index is -0.725. The first-order chi connectivity index (χ1) is 12.3. The van der Waals surface area contributed by atoms with E-state index in [4.69, 9.17) is 31.9 Å². The molecule has 4 atom stereocenters. The van der Waals surface area contributed by atoms with E-state index in [1.165, 1.54) is 0 Å². The number of aliphatic carboxylic acids is 1. The van der Waals surface area contributed by atoms with Crippen LogP contribution < -0.4 is 0 Å². The minimum Gasteiger partial charge on any atom is -0.481 e. The molecule has 1 rings (SSSR count). The van der Waals surface area contributed by atoms with Gasteiger partial charge in [0, 0.05) is 19.0 Å². The molecule has 0 aromatic rings. The van der Waals surface area contributed by atoms with Crippen LogP contribution in [0.1, 0.15) is 66.2 Å². The molecule has 26 heavy (non-hydrogen) atoms. The summed E-state index contributed by atoms with van der Waals surface area (Å²) in [7, 11) is 6.09. The van der Waals surface area contributed by atoms with E-state index in [2.05, 4.69) is 0 Å². The van der Waals surface area contributed by atoms with Gasteiger partial charge in [-0.2, -0.15) is 0 Å². The average Bonchev–Trinajstić information content (AvgIpc) is 2.83. The Balaban J connectivity index is 2.37. The highest BCUT2D eigenvalue weighted by Crippen LogP contribution is 2.27. The van der Waals surface area contributed by atoms with Crippen molar-refractivity contribution in [3.63, 3.8) is 0 Å². The van der Waals surface area contributed by atoms with Crippen molar-refractivity contribution < 1.29 is 28.8 Å². The van der Waals surface area contributed by atoms with Gasteiger partial charge in [-0.25, -0.2) is 0 Å². The number of carboxylic acids is 1. The summed E-state index contributed by atoms with van der Waals surface area (Å²) < 4.78 is 23.5. The average molecular weight is 370 g/mol. The summed E-state index contributed by atoms with van der Waals surface area (Å²) in [6.07, 6.45) is 4.27. The molecule has 0 saturated carbocycles. The van der Waals surface area contributed by atoms with Gasteiger partial charge >= 0.3 is 5.97 Å². The molecule has 2 radical (unpaired) electrons. The van der Waals surface area contributed by atoms with Gasteiger partial charge < -0.3 is 24.1 Å². The van der Waals surface area contributed by atoms with Crippen LogP contribution >= 0.6 is 0 Å². The molecule has 1 aliphatic heterocycles. The Bertz CT molecular complexity index is 390. The van der Waals surface area contributed by atoms with Gasteiger partial charge in [-0.1, -0.05) is 19.3 Å². The Morgan fingerprint density at radius 1 is 1.04 bits per heavy atom. The summed E-state index contributed by atoms with van der Waals surface area (Å²) in [6, 6.07) is -0.515. The van der Waals surface area contributed by atoms with Crippen LogP contribution in [0.2, 0.25) is 0 Å². The Hall–Kier alpha value is -0.625. The SMILES string of the molecule is [B][C@@H]1O[C@H](COC(C)C)C(OCCCCCCCC(=O)O)[C@@H]1OC(C)C. The molecule has 6 nitrogen and oxygen atoms in total. The number of carbonyl (C=O) groups is 1. The largest absolute Gasteiger partial charge is 0.481 e. The van der Waals surface area contributed by atoms with Gasteiger partial charge in [0.05, 0.1) is 18.8 Å². The third-order valence-corrected chi connectivity index (χ3v) is 4.21. The maximum absolute atomic E-state index is 10.5. The van der Waals surface area contributed by atoms with Crippen LogP contribution in [0.4, 0.5) is 0 Å². The van der Waals surface area contributed by atoms with E-state index in [9.17, 15) is 4.79 Å². The van der Waals surface area contributed by atoms with Crippen molar-refractivity contribution in [2.45, 2.75) is 103 Å². The van der Waals surface area contributed by atoms with E-state index in [1.807, 2.05) is 27.7 Å². The summed E-state index contributed by atoms with van der Waals surface area (Å²) in [5, 5.41) is 8.62. The molecule has 1 heterocycles. The highest BCUT2D eigenvalue weighted by Gasteiger charge is 2.44. The van der Waals surface area contributed by atoms with Crippen LogP contribution in [0.5, 0.6) is 0 Å². The molecule has 0 aliphatic carbocycles. The molecular formula is C19H35BO6. The zero-order chi connectivity index (χ0) is 19.5. The highest BCUT2D eigenvalue weighted by molar-refractivity contribution is 6.11. The minimum absolute atomic E-state index is 0.0414. The maximum Gasteiger partial charge on any atom is 0.303 e. The second-order valence-corrected chi connectivity index (χ2v) is 7.42. The normalized spacial score (nSPS) is 26.1. The number of rotatable bonds is 14. The molecule has 1 saturated heterocycles. The van der Waals surface area contributed by atoms with Crippen LogP contribution in [-0.2, 0) is 23.7 Å². The molecule has 7 heteroatoms. The van der Waals surface area contributed by atoms with E-state index in [1.54, 1.807) is 0 Å². The van der Waals surface area contributed by atoms with Crippen LogP contribution in [0, 0.1) is 0 Å². The molecule has 1 aliphatic rings. The number of hydrogen-bond donors (Lipinski definition) is 1. The molecule has 0 aromatic heterocycles. The molecule has 0 spiro atoms. The molecule has 150 valence electrons. The fourth-order valence-corrected chi connectivity index (χ4v) is 2.98. The van der Waals surface area contributed by atoms with Gasteiger partial charge in [0.1, 0.15) is 26.2 Å². The molecule has 0 aromatic carbocycles. The number of ether oxygens (including phenoxy) is 4. The fraction of sp³-hybridized carbons (Fsp3) is 0.947. The predicted octanol–water partition coefficient (Wildman–Crippen LogP) is 2.91. The third kappa shape index (κ3) is 9.35. The predicted molar refractivity (Wildman–Crippen MR) is 101 cm³/mol. The molecule has 1 fully saturated rings. The van der Waals surface area contributed by atoms with Gasteiger partial charge in [-0.3, -0.25) is 4.79 Å². The standard InChI is InChI=1S/C19H35BO6/c1-13(2)24-12-15-17(18(19(20)26-15)25-14(3)4)23-11-9-7-5-6-8-10-16(21)22/h13-15,17-19H,5-12H2,1-4H3,(H,21,22)/t15-,17?,18+,19-/m1/s1. The maximum atomic E-state index is 10.5. The first-order valence-electron chi connectivity index (χ1n) is 9.82. The lowest BCUT2D eigenvalue weighted by molar-refractivity contribution is -0.137. The number of carboxylic acid groups (broad SMARTS) is 1. The lowest BCUT2D eigenvalue weighted by Crippen LogP contribution is -2.41. The van der Waals surface area contributed by atoms with Crippen molar-refractivity contribution in [3.05, 3.63) is 0 Å². The van der Waals surface area contributed by atoms with Crippen LogP contribution in [0.15, 0.2) is 0 Å². The van der Waals surface area contributed by atoms with Crippen LogP contribution in [-0.4, -0.2) is 68.7 Å². The van der Waals surface area contributed by atoms with Crippen molar-refractivity contribution in [3.8, 4) is 0 Å². The highest BCUT2D eigenvalue weighted by atomic mass is 16.6. The second-order valence-electron chi connectivity index (χ2n) is 7.42. The first kappa shape index (κ1) is 23.4. The third-order valence-electron chi connectivity index (χ3n) is 4.21. The van der Waals surface area contributed by atoms with E-state index >= 15 is 0 Å². The van der Waals surface area contributed by atoms with Gasteiger partial charge in [0.15, 0.2) is 0 Å². The zero-order valence-electron chi connectivity index (χ0n) is 16.7. The first-order valence-corrected chi connectivity index (χ1v) is 9.82. The van der Waals surface area contributed by atoms with E-state index in [-0.39, 0.29) is 36.9 Å². The zero-order valence-corrected chi connectivity index (χ0v) is 16.7. The van der Waals surface area contributed by atoms with Gasteiger partial charge in [0.2, 0.25) is 0 Å². The number of unbranched alkanes of at least 4 members (excludes halogenated alkanes) is 4. The van der Waals surface area contributed by atoms with Crippen molar-refractivity contribution in [2.24, 2.45) is 0 Å². The fourth-order valence-electron chi connectivity index (χ4n) is 2.98. The molecular weight excluding hydrogens is 335 g/mol. The van der Waals surface area contributed by atoms with Crippen molar-refractivity contribution in [1.82, 2.24) is 0 Å². The second kappa shape index (κ2) is 12.7. The van der Waals surface area contributed by atoms with E-state index in [0.717, 1.165) is 32.1 Å². The van der Waals surface area contributed by atoms with Crippen molar-refractivity contribution >= 4 is 13.8 Å². The molecule has 1 unspecified atom stereocenters. The molecule has 0 bridgehead atoms. The topological polar surface area (TPSA) is 74.2 Å². The van der Waals surface area contributed by atoms with Crippen molar-refractivity contribution in [2.75, 3.05) is 13.2 Å². The van der Waals surface area contributed by atoms with Crippen LogP contribution in [0.3, 0.4) is 0 Å². The quantitative estimate of drug-likeness (QED) is 0.374. The van der Waals surface area contributed by atoms with Gasteiger partial charge in [-0.15, -0.1) is 0 Å². The van der Waals surface area contributed by atoms with Gasteiger partial charge in [0.25, 0.3) is 0 Å². The van der Waals surface area contributed by atoms with Crippen molar-refractivity contribution in [1.29, 1.82) is 0 Å². The smallest absolute Gasteiger partial charge is 0.303 e.